The van der Waals surface area contributed by atoms with E-state index in [-0.39, 0.29) is 0 Å². The number of nitrogens with zero attached hydrogens (tertiary/aromatic N) is 1. The lowest BCUT2D eigenvalue weighted by Crippen LogP contribution is -2.06. The normalized spacial score (nSPS) is 11.2. The summed E-state index contributed by atoms with van der Waals surface area (Å²) in [6, 6.07) is 8.62. The van der Waals surface area contributed by atoms with Crippen molar-refractivity contribution >= 4 is 10.9 Å². The summed E-state index contributed by atoms with van der Waals surface area (Å²) in [5.74, 6) is 0. The van der Waals surface area contributed by atoms with Crippen LogP contribution in [0, 0.1) is 0 Å². The van der Waals surface area contributed by atoms with Gasteiger partial charge in [-0.2, -0.15) is 0 Å². The fourth-order valence-electron chi connectivity index (χ4n) is 2.37. The highest BCUT2D eigenvalue weighted by molar-refractivity contribution is 5.83. The van der Waals surface area contributed by atoms with Crippen molar-refractivity contribution in [2.75, 3.05) is 19.8 Å². The Hall–Kier alpha value is -1.32. The molecule has 0 bridgehead atoms. The SMILES string of the molecule is CCOCCCn1ccc2cccc(CCN)c21. The average molecular weight is 246 g/mol. The summed E-state index contributed by atoms with van der Waals surface area (Å²) in [7, 11) is 0. The summed E-state index contributed by atoms with van der Waals surface area (Å²) < 4.78 is 7.71. The second kappa shape index (κ2) is 6.57. The standard InChI is InChI=1S/C15H22N2O/c1-2-18-12-4-10-17-11-8-14-6-3-5-13(7-9-16)15(14)17/h3,5-6,8,11H,2,4,7,9-10,12,16H2,1H3. The number of rotatable bonds is 7. The molecule has 0 fully saturated rings. The van der Waals surface area contributed by atoms with E-state index in [2.05, 4.69) is 35.0 Å². The molecule has 0 unspecified atom stereocenters. The van der Waals surface area contributed by atoms with Gasteiger partial charge in [-0.1, -0.05) is 18.2 Å². The van der Waals surface area contributed by atoms with Crippen LogP contribution in [0.15, 0.2) is 30.5 Å². The number of aromatic nitrogens is 1. The van der Waals surface area contributed by atoms with Crippen molar-refractivity contribution in [2.45, 2.75) is 26.3 Å². The third kappa shape index (κ3) is 2.92. The number of hydrogen-bond acceptors (Lipinski definition) is 2. The van der Waals surface area contributed by atoms with Gasteiger partial charge < -0.3 is 15.0 Å². The van der Waals surface area contributed by atoms with Crippen LogP contribution in [-0.4, -0.2) is 24.3 Å². The highest BCUT2D eigenvalue weighted by Crippen LogP contribution is 2.21. The first-order chi connectivity index (χ1) is 8.86. The Bertz CT molecular complexity index is 490. The highest BCUT2D eigenvalue weighted by Gasteiger charge is 2.05. The minimum absolute atomic E-state index is 0.698. The van der Waals surface area contributed by atoms with E-state index in [0.717, 1.165) is 32.6 Å². The van der Waals surface area contributed by atoms with Crippen molar-refractivity contribution in [3.63, 3.8) is 0 Å². The largest absolute Gasteiger partial charge is 0.382 e. The van der Waals surface area contributed by atoms with E-state index in [0.29, 0.717) is 6.54 Å². The van der Waals surface area contributed by atoms with Crippen LogP contribution in [0.3, 0.4) is 0 Å². The van der Waals surface area contributed by atoms with Crippen molar-refractivity contribution in [1.29, 1.82) is 0 Å². The van der Waals surface area contributed by atoms with Gasteiger partial charge >= 0.3 is 0 Å². The minimum atomic E-state index is 0.698. The number of hydrogen-bond donors (Lipinski definition) is 1. The summed E-state index contributed by atoms with van der Waals surface area (Å²) in [6.45, 7) is 5.36. The van der Waals surface area contributed by atoms with Gasteiger partial charge in [-0.15, -0.1) is 0 Å². The molecule has 0 amide bonds. The highest BCUT2D eigenvalue weighted by atomic mass is 16.5. The third-order valence-electron chi connectivity index (χ3n) is 3.18. The Balaban J connectivity index is 2.16. The molecule has 2 N–H and O–H groups in total. The van der Waals surface area contributed by atoms with Gasteiger partial charge in [-0.25, -0.2) is 0 Å². The number of para-hydroxylation sites is 1. The number of aryl methyl sites for hydroxylation is 1. The molecule has 0 spiro atoms. The van der Waals surface area contributed by atoms with Crippen molar-refractivity contribution < 1.29 is 4.74 Å². The average Bonchev–Trinajstić information content (AvgIpc) is 2.80. The summed E-state index contributed by atoms with van der Waals surface area (Å²) in [5, 5.41) is 1.30. The second-order valence-electron chi connectivity index (χ2n) is 4.45. The first kappa shape index (κ1) is 13.1. The predicted molar refractivity (Wildman–Crippen MR) is 75.8 cm³/mol. The monoisotopic (exact) mass is 246 g/mol. The maximum absolute atomic E-state index is 5.68. The van der Waals surface area contributed by atoms with Crippen molar-refractivity contribution in [3.8, 4) is 0 Å². The molecule has 0 saturated heterocycles. The van der Waals surface area contributed by atoms with Gasteiger partial charge in [-0.3, -0.25) is 0 Å². The second-order valence-corrected chi connectivity index (χ2v) is 4.45. The van der Waals surface area contributed by atoms with Gasteiger partial charge in [0.25, 0.3) is 0 Å². The molecule has 2 aromatic rings. The fourth-order valence-corrected chi connectivity index (χ4v) is 2.37. The summed E-state index contributed by atoms with van der Waals surface area (Å²) in [6.07, 6.45) is 4.15. The van der Waals surface area contributed by atoms with Crippen LogP contribution in [-0.2, 0) is 17.7 Å². The first-order valence-corrected chi connectivity index (χ1v) is 6.71. The molecular weight excluding hydrogens is 224 g/mol. The molecule has 18 heavy (non-hydrogen) atoms. The van der Waals surface area contributed by atoms with E-state index in [1.807, 2.05) is 6.92 Å². The molecule has 0 saturated carbocycles. The van der Waals surface area contributed by atoms with Gasteiger partial charge in [-0.05, 0) is 43.3 Å². The molecular formula is C15H22N2O. The van der Waals surface area contributed by atoms with Crippen LogP contribution < -0.4 is 5.73 Å². The molecule has 0 radical (unpaired) electrons. The smallest absolute Gasteiger partial charge is 0.0513 e. The topological polar surface area (TPSA) is 40.2 Å². The van der Waals surface area contributed by atoms with E-state index in [9.17, 15) is 0 Å². The molecule has 1 heterocycles. The third-order valence-corrected chi connectivity index (χ3v) is 3.18. The minimum Gasteiger partial charge on any atom is -0.382 e. The lowest BCUT2D eigenvalue weighted by atomic mass is 10.1. The van der Waals surface area contributed by atoms with Crippen LogP contribution in [0.4, 0.5) is 0 Å². The number of nitrogens with two attached hydrogens (primary N) is 1. The van der Waals surface area contributed by atoms with E-state index >= 15 is 0 Å². The van der Waals surface area contributed by atoms with E-state index in [1.165, 1.54) is 16.5 Å². The lowest BCUT2D eigenvalue weighted by Gasteiger charge is -2.09. The predicted octanol–water partition coefficient (Wildman–Crippen LogP) is 2.57. The molecule has 0 atom stereocenters. The molecule has 0 aliphatic rings. The van der Waals surface area contributed by atoms with E-state index < -0.39 is 0 Å². The van der Waals surface area contributed by atoms with Gasteiger partial charge in [0, 0.05) is 26.0 Å². The van der Waals surface area contributed by atoms with Crippen molar-refractivity contribution in [2.24, 2.45) is 5.73 Å². The summed E-state index contributed by atoms with van der Waals surface area (Å²) in [4.78, 5) is 0. The number of benzene rings is 1. The van der Waals surface area contributed by atoms with Crippen LogP contribution in [0.1, 0.15) is 18.9 Å². The Morgan fingerprint density at radius 2 is 2.17 bits per heavy atom. The molecule has 1 aromatic carbocycles. The van der Waals surface area contributed by atoms with Crippen LogP contribution in [0.5, 0.6) is 0 Å². The summed E-state index contributed by atoms with van der Waals surface area (Å²) in [5.41, 5.74) is 8.36. The number of fused-ring (bicyclic) bond motifs is 1. The van der Waals surface area contributed by atoms with Crippen molar-refractivity contribution in [1.82, 2.24) is 4.57 Å². The van der Waals surface area contributed by atoms with Crippen LogP contribution in [0.25, 0.3) is 10.9 Å². The molecule has 98 valence electrons. The number of ether oxygens (including phenoxy) is 1. The Labute approximate surface area is 109 Å². The molecule has 0 aliphatic heterocycles. The van der Waals surface area contributed by atoms with Gasteiger partial charge in [0.15, 0.2) is 0 Å². The van der Waals surface area contributed by atoms with Crippen LogP contribution >= 0.6 is 0 Å². The maximum atomic E-state index is 5.68. The zero-order valence-electron chi connectivity index (χ0n) is 11.1. The molecule has 3 nitrogen and oxygen atoms in total. The maximum Gasteiger partial charge on any atom is 0.0513 e. The Morgan fingerprint density at radius 1 is 1.28 bits per heavy atom. The molecule has 0 aliphatic carbocycles. The van der Waals surface area contributed by atoms with Crippen molar-refractivity contribution in [3.05, 3.63) is 36.0 Å². The zero-order chi connectivity index (χ0) is 12.8. The Kier molecular flexibility index (Phi) is 4.79. The first-order valence-electron chi connectivity index (χ1n) is 6.71. The van der Waals surface area contributed by atoms with Gasteiger partial charge in [0.05, 0.1) is 5.52 Å². The zero-order valence-corrected chi connectivity index (χ0v) is 11.1. The molecule has 2 rings (SSSR count). The molecule has 3 heteroatoms. The van der Waals surface area contributed by atoms with Crippen LogP contribution in [0.2, 0.25) is 0 Å². The quantitative estimate of drug-likeness (QED) is 0.763. The lowest BCUT2D eigenvalue weighted by molar-refractivity contribution is 0.142. The summed E-state index contributed by atoms with van der Waals surface area (Å²) >= 11 is 0. The van der Waals surface area contributed by atoms with Gasteiger partial charge in [0.2, 0.25) is 0 Å². The van der Waals surface area contributed by atoms with Gasteiger partial charge in [0.1, 0.15) is 0 Å². The van der Waals surface area contributed by atoms with E-state index in [4.69, 9.17) is 10.5 Å². The fraction of sp³-hybridized carbons (Fsp3) is 0.467. The Morgan fingerprint density at radius 3 is 2.94 bits per heavy atom. The molecule has 1 aromatic heterocycles. The van der Waals surface area contributed by atoms with E-state index in [1.54, 1.807) is 0 Å².